The summed E-state index contributed by atoms with van der Waals surface area (Å²) in [7, 11) is 0. The molecule has 37 heavy (non-hydrogen) atoms. The molecule has 1 N–H and O–H groups in total. The number of hydrogen-bond donors (Lipinski definition) is 1. The van der Waals surface area contributed by atoms with Crippen LogP contribution in [0, 0.1) is 17.2 Å². The number of hydrogen-bond acceptors (Lipinski definition) is 5. The molecular weight excluding hydrogens is 522 g/mol. The van der Waals surface area contributed by atoms with E-state index >= 15 is 0 Å². The largest absolute Gasteiger partial charge is 0.481 e. The third-order valence-electron chi connectivity index (χ3n) is 6.59. The molecule has 1 aliphatic heterocycles. The van der Waals surface area contributed by atoms with E-state index in [1.807, 2.05) is 60.0 Å². The molecule has 0 atom stereocenters. The summed E-state index contributed by atoms with van der Waals surface area (Å²) in [4.78, 5) is 15.1. The van der Waals surface area contributed by atoms with Crippen molar-refractivity contribution in [3.05, 3.63) is 94.1 Å². The van der Waals surface area contributed by atoms with E-state index in [0.717, 1.165) is 43.9 Å². The normalized spacial score (nSPS) is 13.5. The van der Waals surface area contributed by atoms with Gasteiger partial charge < -0.3 is 10.0 Å². The number of nitrogens with zero attached hydrogens (tertiary/aromatic N) is 3. The number of benzene rings is 3. The van der Waals surface area contributed by atoms with Gasteiger partial charge in [-0.1, -0.05) is 41.9 Å². The van der Waals surface area contributed by atoms with Gasteiger partial charge in [-0.05, 0) is 65.9 Å². The van der Waals surface area contributed by atoms with E-state index in [2.05, 4.69) is 39.2 Å². The third kappa shape index (κ3) is 4.27. The quantitative estimate of drug-likeness (QED) is 0.239. The first-order chi connectivity index (χ1) is 18.0. The first-order valence-corrected chi connectivity index (χ1v) is 13.7. The topological polar surface area (TPSA) is 69.3 Å². The highest BCUT2D eigenvalue weighted by molar-refractivity contribution is 7.98. The van der Waals surface area contributed by atoms with Crippen molar-refractivity contribution >= 4 is 57.4 Å². The molecule has 0 amide bonds. The number of para-hydroxylation sites is 1. The molecule has 1 fully saturated rings. The number of rotatable bonds is 6. The average Bonchev–Trinajstić information content (AvgIpc) is 3.47. The molecule has 8 heteroatoms. The zero-order chi connectivity index (χ0) is 25.5. The first-order valence-electron chi connectivity index (χ1n) is 11.7. The van der Waals surface area contributed by atoms with Gasteiger partial charge in [0.25, 0.3) is 0 Å². The molecule has 0 unspecified atom stereocenters. The summed E-state index contributed by atoms with van der Waals surface area (Å²) < 4.78 is 2.22. The number of carboxylic acids is 1. The first kappa shape index (κ1) is 23.7. The Balaban J connectivity index is 1.57. The minimum Gasteiger partial charge on any atom is -0.481 e. The Morgan fingerprint density at radius 1 is 1.05 bits per heavy atom. The van der Waals surface area contributed by atoms with Crippen molar-refractivity contribution < 1.29 is 9.90 Å². The molecule has 0 aliphatic carbocycles. The maximum Gasteiger partial charge on any atom is 0.310 e. The van der Waals surface area contributed by atoms with Gasteiger partial charge in [0.05, 0.1) is 17.1 Å². The summed E-state index contributed by atoms with van der Waals surface area (Å²) in [5, 5.41) is 22.9. The minimum atomic E-state index is -0.754. The van der Waals surface area contributed by atoms with Gasteiger partial charge in [0.1, 0.15) is 10.9 Å². The number of fused-ring (bicyclic) bond motifs is 1. The highest BCUT2D eigenvalue weighted by atomic mass is 35.5. The Morgan fingerprint density at radius 2 is 1.84 bits per heavy atom. The number of carboxylic acid groups (broad SMARTS) is 1. The van der Waals surface area contributed by atoms with Gasteiger partial charge in [0.2, 0.25) is 0 Å². The molecule has 6 rings (SSSR count). The second-order valence-corrected chi connectivity index (χ2v) is 11.2. The molecule has 3 aromatic carbocycles. The molecule has 0 saturated carbocycles. The monoisotopic (exact) mass is 541 g/mol. The van der Waals surface area contributed by atoms with Gasteiger partial charge in [0, 0.05) is 50.8 Å². The molecule has 2 aromatic heterocycles. The molecule has 0 bridgehead atoms. The van der Waals surface area contributed by atoms with Crippen molar-refractivity contribution in [3.63, 3.8) is 0 Å². The van der Waals surface area contributed by atoms with Gasteiger partial charge in [-0.25, -0.2) is 0 Å². The summed E-state index contributed by atoms with van der Waals surface area (Å²) >= 11 is 9.20. The van der Waals surface area contributed by atoms with E-state index in [-0.39, 0.29) is 5.92 Å². The van der Waals surface area contributed by atoms with E-state index in [1.54, 1.807) is 11.9 Å². The zero-order valence-corrected chi connectivity index (χ0v) is 21.9. The van der Waals surface area contributed by atoms with Gasteiger partial charge in [-0.3, -0.25) is 8.77 Å². The number of anilines is 1. The highest BCUT2D eigenvalue weighted by Crippen LogP contribution is 2.47. The lowest BCUT2D eigenvalue weighted by atomic mass is 9.96. The predicted octanol–water partition coefficient (Wildman–Crippen LogP) is 7.64. The van der Waals surface area contributed by atoms with E-state index in [9.17, 15) is 15.2 Å². The molecule has 0 spiro atoms. The minimum absolute atomic E-state index is 0.338. The fourth-order valence-electron chi connectivity index (χ4n) is 4.73. The lowest BCUT2D eigenvalue weighted by Gasteiger charge is -2.38. The number of halogens is 1. The molecule has 182 valence electrons. The highest BCUT2D eigenvalue weighted by Gasteiger charge is 2.33. The van der Waals surface area contributed by atoms with Crippen molar-refractivity contribution in [2.24, 2.45) is 5.92 Å². The van der Waals surface area contributed by atoms with Crippen LogP contribution >= 0.6 is 34.9 Å². The lowest BCUT2D eigenvalue weighted by Crippen LogP contribution is -2.50. The summed E-state index contributed by atoms with van der Waals surface area (Å²) in [6.45, 7) is 0.995. The molecule has 0 radical (unpaired) electrons. The number of thiophene rings is 1. The fourth-order valence-corrected chi connectivity index (χ4v) is 6.56. The summed E-state index contributed by atoms with van der Waals surface area (Å²) in [5.41, 5.74) is 5.95. The Morgan fingerprint density at radius 3 is 2.59 bits per heavy atom. The van der Waals surface area contributed by atoms with Crippen LogP contribution in [0.15, 0.2) is 89.1 Å². The lowest BCUT2D eigenvalue weighted by molar-refractivity contribution is -0.142. The van der Waals surface area contributed by atoms with Crippen LogP contribution in [0.5, 0.6) is 0 Å². The van der Waals surface area contributed by atoms with Crippen LogP contribution < -0.4 is 4.90 Å². The van der Waals surface area contributed by atoms with E-state index in [0.29, 0.717) is 23.0 Å². The second kappa shape index (κ2) is 9.64. The molecule has 5 aromatic rings. The van der Waals surface area contributed by atoms with Gasteiger partial charge in [-0.2, -0.15) is 5.26 Å². The standard InChI is InChI=1S/C29H20ClN3O2S2/c30-20-8-10-22(11-9-20)37-33-25-7-2-1-6-23(25)27(24-12-13-36-26(24)15-31)28(33)18-4-3-5-21(14-18)32-16-19(17-32)29(34)35/h1-14,19H,16-17H2,(H,34,35). The summed E-state index contributed by atoms with van der Waals surface area (Å²) in [6.07, 6.45) is 0. The molecular formula is C29H20ClN3O2S2. The third-order valence-corrected chi connectivity index (χ3v) is 8.71. The Bertz CT molecular complexity index is 1680. The fraction of sp³-hybridized carbons (Fsp3) is 0.103. The number of aromatic nitrogens is 1. The van der Waals surface area contributed by atoms with E-state index in [1.165, 1.54) is 11.3 Å². The van der Waals surface area contributed by atoms with Crippen LogP contribution in [0.2, 0.25) is 5.02 Å². The van der Waals surface area contributed by atoms with Crippen molar-refractivity contribution in [2.45, 2.75) is 4.90 Å². The zero-order valence-electron chi connectivity index (χ0n) is 19.5. The van der Waals surface area contributed by atoms with Crippen LogP contribution in [0.3, 0.4) is 0 Å². The Hall–Kier alpha value is -3.70. The van der Waals surface area contributed by atoms with Crippen molar-refractivity contribution in [3.8, 4) is 28.5 Å². The molecule has 5 nitrogen and oxygen atoms in total. The van der Waals surface area contributed by atoms with Crippen molar-refractivity contribution in [1.82, 2.24) is 3.97 Å². The summed E-state index contributed by atoms with van der Waals surface area (Å²) in [6, 6.07) is 28.6. The van der Waals surface area contributed by atoms with Gasteiger partial charge in [-0.15, -0.1) is 11.3 Å². The van der Waals surface area contributed by atoms with Crippen LogP contribution in [0.1, 0.15) is 4.88 Å². The average molecular weight is 542 g/mol. The molecule has 1 saturated heterocycles. The van der Waals surface area contributed by atoms with Crippen molar-refractivity contribution in [1.29, 1.82) is 5.26 Å². The number of aliphatic carboxylic acids is 1. The van der Waals surface area contributed by atoms with E-state index in [4.69, 9.17) is 11.6 Å². The number of carbonyl (C=O) groups is 1. The predicted molar refractivity (Wildman–Crippen MR) is 151 cm³/mol. The van der Waals surface area contributed by atoms with Gasteiger partial charge in [0.15, 0.2) is 0 Å². The Kier molecular flexibility index (Phi) is 6.17. The maximum atomic E-state index is 11.4. The van der Waals surface area contributed by atoms with Gasteiger partial charge >= 0.3 is 5.97 Å². The maximum absolute atomic E-state index is 11.4. The summed E-state index contributed by atoms with van der Waals surface area (Å²) in [5.74, 6) is -1.09. The second-order valence-electron chi connectivity index (χ2n) is 8.85. The number of nitriles is 1. The van der Waals surface area contributed by atoms with E-state index < -0.39 is 5.97 Å². The van der Waals surface area contributed by atoms with Crippen LogP contribution in [-0.4, -0.2) is 28.1 Å². The molecule has 3 heterocycles. The molecule has 1 aliphatic rings. The van der Waals surface area contributed by atoms with Crippen LogP contribution in [-0.2, 0) is 4.79 Å². The Labute approximate surface area is 227 Å². The van der Waals surface area contributed by atoms with Crippen molar-refractivity contribution in [2.75, 3.05) is 18.0 Å². The smallest absolute Gasteiger partial charge is 0.310 e. The SMILES string of the molecule is N#Cc1sccc1-c1c(-c2cccc(N3CC(C(=O)O)C3)c2)n(Sc2ccc(Cl)cc2)c2ccccc12. The van der Waals surface area contributed by atoms with Crippen LogP contribution in [0.25, 0.3) is 33.3 Å². The van der Waals surface area contributed by atoms with Crippen LogP contribution in [0.4, 0.5) is 5.69 Å².